The smallest absolute Gasteiger partial charge is 0.125 e. The molecular formula is C12H11FN2O2. The second-order valence-electron chi connectivity index (χ2n) is 3.46. The van der Waals surface area contributed by atoms with Crippen molar-refractivity contribution in [2.45, 2.75) is 6.10 Å². The minimum atomic E-state index is -0.990. The lowest BCUT2D eigenvalue weighted by Gasteiger charge is -2.14. The summed E-state index contributed by atoms with van der Waals surface area (Å²) in [4.78, 5) is 0. The Morgan fingerprint density at radius 2 is 2.12 bits per heavy atom. The van der Waals surface area contributed by atoms with Crippen molar-refractivity contribution in [3.8, 4) is 5.75 Å². The van der Waals surface area contributed by atoms with Crippen LogP contribution in [0.2, 0.25) is 0 Å². The van der Waals surface area contributed by atoms with E-state index in [0.29, 0.717) is 16.9 Å². The molecule has 5 heteroatoms. The van der Waals surface area contributed by atoms with Crippen molar-refractivity contribution in [1.82, 2.24) is 10.2 Å². The Labute approximate surface area is 97.7 Å². The number of hydrogen-bond donors (Lipinski definition) is 1. The highest BCUT2D eigenvalue weighted by atomic mass is 19.1. The van der Waals surface area contributed by atoms with Crippen molar-refractivity contribution < 1.29 is 14.2 Å². The van der Waals surface area contributed by atoms with E-state index in [4.69, 9.17) is 4.74 Å². The molecule has 0 bridgehead atoms. The Balaban J connectivity index is 2.43. The Morgan fingerprint density at radius 1 is 1.29 bits per heavy atom. The molecule has 2 aromatic rings. The van der Waals surface area contributed by atoms with Crippen LogP contribution in [-0.2, 0) is 0 Å². The molecule has 1 N–H and O–H groups in total. The zero-order valence-electron chi connectivity index (χ0n) is 9.17. The molecule has 0 aliphatic rings. The molecule has 88 valence electrons. The van der Waals surface area contributed by atoms with Gasteiger partial charge in [-0.05, 0) is 24.3 Å². The van der Waals surface area contributed by atoms with Crippen molar-refractivity contribution in [3.63, 3.8) is 0 Å². The van der Waals surface area contributed by atoms with E-state index in [9.17, 15) is 9.50 Å². The molecule has 17 heavy (non-hydrogen) atoms. The van der Waals surface area contributed by atoms with Crippen LogP contribution in [-0.4, -0.2) is 22.4 Å². The van der Waals surface area contributed by atoms with Gasteiger partial charge in [0.15, 0.2) is 0 Å². The maximum atomic E-state index is 13.2. The SMILES string of the molecule is COc1ccc(F)cc1C(O)c1ccnnc1. The van der Waals surface area contributed by atoms with E-state index in [1.807, 2.05) is 0 Å². The number of methoxy groups -OCH3 is 1. The van der Waals surface area contributed by atoms with Gasteiger partial charge in [0.25, 0.3) is 0 Å². The minimum Gasteiger partial charge on any atom is -0.496 e. The van der Waals surface area contributed by atoms with Crippen LogP contribution in [0.4, 0.5) is 4.39 Å². The summed E-state index contributed by atoms with van der Waals surface area (Å²) in [6.07, 6.45) is 1.90. The highest BCUT2D eigenvalue weighted by molar-refractivity contribution is 5.39. The lowest BCUT2D eigenvalue weighted by atomic mass is 10.0. The third-order valence-electron chi connectivity index (χ3n) is 2.41. The molecule has 0 amide bonds. The van der Waals surface area contributed by atoms with Crippen LogP contribution in [0.25, 0.3) is 0 Å². The van der Waals surface area contributed by atoms with E-state index in [0.717, 1.165) is 0 Å². The van der Waals surface area contributed by atoms with Gasteiger partial charge in [-0.1, -0.05) is 0 Å². The molecule has 0 spiro atoms. The van der Waals surface area contributed by atoms with Crippen molar-refractivity contribution in [1.29, 1.82) is 0 Å². The van der Waals surface area contributed by atoms with Crippen LogP contribution in [0.15, 0.2) is 36.7 Å². The van der Waals surface area contributed by atoms with Gasteiger partial charge in [0.2, 0.25) is 0 Å². The van der Waals surface area contributed by atoms with Gasteiger partial charge in [0, 0.05) is 17.3 Å². The van der Waals surface area contributed by atoms with Gasteiger partial charge < -0.3 is 9.84 Å². The summed E-state index contributed by atoms with van der Waals surface area (Å²) >= 11 is 0. The molecule has 0 fully saturated rings. The Hall–Kier alpha value is -2.01. The first-order chi connectivity index (χ1) is 8.22. The molecule has 0 aliphatic carbocycles. The van der Waals surface area contributed by atoms with E-state index >= 15 is 0 Å². The third-order valence-corrected chi connectivity index (χ3v) is 2.41. The maximum Gasteiger partial charge on any atom is 0.125 e. The molecular weight excluding hydrogens is 223 g/mol. The summed E-state index contributed by atoms with van der Waals surface area (Å²) in [5.74, 6) is -0.00224. The molecule has 2 rings (SSSR count). The van der Waals surface area contributed by atoms with Crippen molar-refractivity contribution >= 4 is 0 Å². The van der Waals surface area contributed by atoms with E-state index in [2.05, 4.69) is 10.2 Å². The van der Waals surface area contributed by atoms with Crippen molar-refractivity contribution in [2.24, 2.45) is 0 Å². The highest BCUT2D eigenvalue weighted by Gasteiger charge is 2.16. The average Bonchev–Trinajstić information content (AvgIpc) is 2.39. The quantitative estimate of drug-likeness (QED) is 0.878. The monoisotopic (exact) mass is 234 g/mol. The summed E-state index contributed by atoms with van der Waals surface area (Å²) in [7, 11) is 1.47. The summed E-state index contributed by atoms with van der Waals surface area (Å²) in [6, 6.07) is 5.61. The van der Waals surface area contributed by atoms with E-state index in [1.54, 1.807) is 6.07 Å². The molecule has 0 aliphatic heterocycles. The lowest BCUT2D eigenvalue weighted by molar-refractivity contribution is 0.213. The summed E-state index contributed by atoms with van der Waals surface area (Å²) in [5.41, 5.74) is 0.893. The second-order valence-corrected chi connectivity index (χ2v) is 3.46. The van der Waals surface area contributed by atoms with Crippen molar-refractivity contribution in [2.75, 3.05) is 7.11 Å². The zero-order chi connectivity index (χ0) is 12.3. The first kappa shape index (κ1) is 11.5. The van der Waals surface area contributed by atoms with Gasteiger partial charge in [0.05, 0.1) is 13.3 Å². The molecule has 1 heterocycles. The molecule has 4 nitrogen and oxygen atoms in total. The van der Waals surface area contributed by atoms with E-state index < -0.39 is 11.9 Å². The summed E-state index contributed by atoms with van der Waals surface area (Å²) in [5, 5.41) is 17.4. The topological polar surface area (TPSA) is 55.2 Å². The number of nitrogens with zero attached hydrogens (tertiary/aromatic N) is 2. The first-order valence-electron chi connectivity index (χ1n) is 5.00. The van der Waals surface area contributed by atoms with Crippen molar-refractivity contribution in [3.05, 3.63) is 53.6 Å². The Bertz CT molecular complexity index is 505. The number of rotatable bonds is 3. The molecule has 1 atom stereocenters. The fourth-order valence-corrected chi connectivity index (χ4v) is 1.56. The zero-order valence-corrected chi connectivity index (χ0v) is 9.17. The van der Waals surface area contributed by atoms with Gasteiger partial charge in [-0.15, -0.1) is 0 Å². The Morgan fingerprint density at radius 3 is 2.76 bits per heavy atom. The van der Waals surface area contributed by atoms with Gasteiger partial charge in [-0.2, -0.15) is 10.2 Å². The van der Waals surface area contributed by atoms with Crippen LogP contribution in [0.1, 0.15) is 17.2 Å². The van der Waals surface area contributed by atoms with Gasteiger partial charge in [-0.25, -0.2) is 4.39 Å². The number of aliphatic hydroxyl groups excluding tert-OH is 1. The number of hydrogen-bond acceptors (Lipinski definition) is 4. The van der Waals surface area contributed by atoms with Gasteiger partial charge >= 0.3 is 0 Å². The summed E-state index contributed by atoms with van der Waals surface area (Å²) < 4.78 is 18.2. The van der Waals surface area contributed by atoms with E-state index in [-0.39, 0.29) is 0 Å². The molecule has 0 radical (unpaired) electrons. The molecule has 1 aromatic heterocycles. The van der Waals surface area contributed by atoms with Gasteiger partial charge in [-0.3, -0.25) is 0 Å². The van der Waals surface area contributed by atoms with Crippen LogP contribution < -0.4 is 4.74 Å². The maximum absolute atomic E-state index is 13.2. The number of aromatic nitrogens is 2. The largest absolute Gasteiger partial charge is 0.496 e. The predicted molar refractivity (Wildman–Crippen MR) is 59.0 cm³/mol. The lowest BCUT2D eigenvalue weighted by Crippen LogP contribution is -2.03. The number of aliphatic hydroxyl groups is 1. The highest BCUT2D eigenvalue weighted by Crippen LogP contribution is 2.29. The second kappa shape index (κ2) is 4.88. The van der Waals surface area contributed by atoms with Crippen LogP contribution in [0.3, 0.4) is 0 Å². The molecule has 1 unspecified atom stereocenters. The Kier molecular flexibility index (Phi) is 3.30. The fourth-order valence-electron chi connectivity index (χ4n) is 1.56. The minimum absolute atomic E-state index is 0.362. The third kappa shape index (κ3) is 2.39. The van der Waals surface area contributed by atoms with E-state index in [1.165, 1.54) is 37.7 Å². The average molecular weight is 234 g/mol. The van der Waals surface area contributed by atoms with Crippen LogP contribution >= 0.6 is 0 Å². The number of halogens is 1. The summed E-state index contributed by atoms with van der Waals surface area (Å²) in [6.45, 7) is 0. The normalized spacial score (nSPS) is 12.2. The van der Waals surface area contributed by atoms with Gasteiger partial charge in [0.1, 0.15) is 17.7 Å². The van der Waals surface area contributed by atoms with Crippen LogP contribution in [0, 0.1) is 5.82 Å². The molecule has 0 saturated heterocycles. The van der Waals surface area contributed by atoms with Crippen LogP contribution in [0.5, 0.6) is 5.75 Å². The first-order valence-corrected chi connectivity index (χ1v) is 5.00. The standard InChI is InChI=1S/C12H11FN2O2/c1-17-11-3-2-9(13)6-10(11)12(16)8-4-5-14-15-7-8/h2-7,12,16H,1H3. The molecule has 1 aromatic carbocycles. The predicted octanol–water partition coefficient (Wildman–Crippen LogP) is 1.71. The fraction of sp³-hybridized carbons (Fsp3) is 0.167. The number of benzene rings is 1. The number of ether oxygens (including phenoxy) is 1. The molecule has 0 saturated carbocycles.